The molecule has 2 rings (SSSR count). The minimum atomic E-state index is -0.549. The van der Waals surface area contributed by atoms with Gasteiger partial charge in [0.15, 0.2) is 5.11 Å². The van der Waals surface area contributed by atoms with E-state index in [1.165, 1.54) is 18.4 Å². The fourth-order valence-corrected chi connectivity index (χ4v) is 3.86. The Hall–Kier alpha value is -1.97. The molecule has 25 heavy (non-hydrogen) atoms. The van der Waals surface area contributed by atoms with Gasteiger partial charge in [0.05, 0.1) is 18.2 Å². The minimum absolute atomic E-state index is 0.0655. The van der Waals surface area contributed by atoms with Crippen molar-refractivity contribution in [3.05, 3.63) is 44.2 Å². The fraction of sp³-hybridized carbons (Fsp3) is 0.188. The van der Waals surface area contributed by atoms with Gasteiger partial charge < -0.3 is 15.8 Å². The summed E-state index contributed by atoms with van der Waals surface area (Å²) in [4.78, 5) is 25.0. The summed E-state index contributed by atoms with van der Waals surface area (Å²) >= 11 is 9.85. The second-order valence-corrected chi connectivity index (χ2v) is 7.65. The molecular formula is C16H16BrN3O3S2. The lowest BCUT2D eigenvalue weighted by molar-refractivity contribution is 0.0972. The maximum absolute atomic E-state index is 12.4. The number of nitrogens with two attached hydrogens (primary N) is 1. The van der Waals surface area contributed by atoms with Gasteiger partial charge in [0.1, 0.15) is 10.8 Å². The van der Waals surface area contributed by atoms with E-state index in [1.54, 1.807) is 18.2 Å². The molecule has 0 aliphatic rings. The first-order valence-corrected chi connectivity index (χ1v) is 9.12. The van der Waals surface area contributed by atoms with E-state index in [9.17, 15) is 9.59 Å². The van der Waals surface area contributed by atoms with Gasteiger partial charge in [-0.25, -0.2) is 0 Å². The molecule has 0 bridgehead atoms. The van der Waals surface area contributed by atoms with E-state index < -0.39 is 11.8 Å². The number of rotatable bonds is 4. The Bertz CT molecular complexity index is 865. The molecule has 0 saturated heterocycles. The van der Waals surface area contributed by atoms with Crippen molar-refractivity contribution in [2.24, 2.45) is 5.73 Å². The molecule has 4 N–H and O–H groups in total. The van der Waals surface area contributed by atoms with Crippen LogP contribution in [0.25, 0.3) is 0 Å². The van der Waals surface area contributed by atoms with Gasteiger partial charge in [-0.1, -0.05) is 15.9 Å². The lowest BCUT2D eigenvalue weighted by Crippen LogP contribution is -2.34. The first kappa shape index (κ1) is 19.4. The molecule has 1 aromatic carbocycles. The summed E-state index contributed by atoms with van der Waals surface area (Å²) in [6.07, 6.45) is 0. The molecule has 1 aromatic heterocycles. The Morgan fingerprint density at radius 2 is 2.00 bits per heavy atom. The van der Waals surface area contributed by atoms with Gasteiger partial charge in [0.25, 0.3) is 11.8 Å². The van der Waals surface area contributed by atoms with E-state index in [4.69, 9.17) is 22.7 Å². The summed E-state index contributed by atoms with van der Waals surface area (Å²) in [5, 5.41) is 6.02. The molecule has 0 saturated carbocycles. The third kappa shape index (κ3) is 4.36. The summed E-state index contributed by atoms with van der Waals surface area (Å²) in [6.45, 7) is 3.69. The number of methoxy groups -OCH3 is 1. The average Bonchev–Trinajstić information content (AvgIpc) is 2.81. The second kappa shape index (κ2) is 7.94. The number of hydrogen-bond donors (Lipinski definition) is 3. The average molecular weight is 442 g/mol. The second-order valence-electron chi connectivity index (χ2n) is 5.10. The molecule has 1 heterocycles. The van der Waals surface area contributed by atoms with Crippen LogP contribution in [0, 0.1) is 13.8 Å². The number of aryl methyl sites for hydroxylation is 1. The molecular weight excluding hydrogens is 426 g/mol. The van der Waals surface area contributed by atoms with E-state index in [2.05, 4.69) is 26.6 Å². The molecule has 2 aromatic rings. The lowest BCUT2D eigenvalue weighted by atomic mass is 10.1. The Morgan fingerprint density at radius 1 is 1.32 bits per heavy atom. The fourth-order valence-electron chi connectivity index (χ4n) is 2.17. The summed E-state index contributed by atoms with van der Waals surface area (Å²) in [6, 6.07) is 5.07. The normalized spacial score (nSPS) is 10.2. The first-order valence-electron chi connectivity index (χ1n) is 7.10. The van der Waals surface area contributed by atoms with Gasteiger partial charge in [-0.05, 0) is 49.8 Å². The van der Waals surface area contributed by atoms with Crippen molar-refractivity contribution in [3.8, 4) is 5.75 Å². The van der Waals surface area contributed by atoms with E-state index in [0.717, 1.165) is 14.9 Å². The Morgan fingerprint density at radius 3 is 2.60 bits per heavy atom. The Balaban J connectivity index is 2.19. The van der Waals surface area contributed by atoms with Crippen LogP contribution in [-0.4, -0.2) is 24.0 Å². The first-order chi connectivity index (χ1) is 11.7. The molecule has 0 atom stereocenters. The number of thiophene rings is 1. The standard InChI is InChI=1S/C16H16BrN3O3S2/c1-7-8(2)25-15(12(7)13(18)21)20-16(24)19-14(22)10-6-9(17)4-5-11(10)23-3/h4-6H,1-3H3,(H2,18,21)(H2,19,20,22,24). The lowest BCUT2D eigenvalue weighted by Gasteiger charge is -2.12. The Labute approximate surface area is 162 Å². The van der Waals surface area contributed by atoms with Crippen LogP contribution in [-0.2, 0) is 0 Å². The zero-order valence-electron chi connectivity index (χ0n) is 13.7. The van der Waals surface area contributed by atoms with E-state index in [1.807, 2.05) is 13.8 Å². The number of thiocarbonyl (C=S) groups is 1. The zero-order valence-corrected chi connectivity index (χ0v) is 16.9. The third-order valence-electron chi connectivity index (χ3n) is 3.49. The molecule has 132 valence electrons. The van der Waals surface area contributed by atoms with Crippen molar-refractivity contribution in [3.63, 3.8) is 0 Å². The number of ether oxygens (including phenoxy) is 1. The van der Waals surface area contributed by atoms with Crippen LogP contribution in [0.2, 0.25) is 0 Å². The number of primary amides is 1. The van der Waals surface area contributed by atoms with Crippen molar-refractivity contribution >= 4 is 61.4 Å². The predicted octanol–water partition coefficient (Wildman–Crippen LogP) is 3.36. The van der Waals surface area contributed by atoms with Crippen LogP contribution in [0.1, 0.15) is 31.2 Å². The molecule has 0 unspecified atom stereocenters. The van der Waals surface area contributed by atoms with Gasteiger partial charge >= 0.3 is 0 Å². The van der Waals surface area contributed by atoms with Crippen LogP contribution < -0.4 is 21.1 Å². The summed E-state index contributed by atoms with van der Waals surface area (Å²) < 4.78 is 5.92. The summed E-state index contributed by atoms with van der Waals surface area (Å²) in [5.41, 5.74) is 6.92. The maximum Gasteiger partial charge on any atom is 0.261 e. The molecule has 0 radical (unpaired) electrons. The number of carbonyl (C=O) groups excluding carboxylic acids is 2. The number of carbonyl (C=O) groups is 2. The third-order valence-corrected chi connectivity index (χ3v) is 5.31. The van der Waals surface area contributed by atoms with Gasteiger partial charge in [0, 0.05) is 9.35 Å². The number of nitrogens with one attached hydrogen (secondary N) is 2. The predicted molar refractivity (Wildman–Crippen MR) is 107 cm³/mol. The van der Waals surface area contributed by atoms with Crippen LogP contribution in [0.15, 0.2) is 22.7 Å². The van der Waals surface area contributed by atoms with Crippen molar-refractivity contribution in [2.75, 3.05) is 12.4 Å². The highest BCUT2D eigenvalue weighted by Crippen LogP contribution is 2.32. The molecule has 0 aliphatic carbocycles. The minimum Gasteiger partial charge on any atom is -0.496 e. The molecule has 6 nitrogen and oxygen atoms in total. The number of anilines is 1. The number of amides is 2. The summed E-state index contributed by atoms with van der Waals surface area (Å²) in [5.74, 6) is -0.558. The largest absolute Gasteiger partial charge is 0.496 e. The van der Waals surface area contributed by atoms with Crippen LogP contribution in [0.4, 0.5) is 5.00 Å². The topological polar surface area (TPSA) is 93.4 Å². The Kier molecular flexibility index (Phi) is 6.15. The van der Waals surface area contributed by atoms with Gasteiger partial charge in [-0.3, -0.25) is 14.9 Å². The van der Waals surface area contributed by atoms with Crippen molar-refractivity contribution in [2.45, 2.75) is 13.8 Å². The van der Waals surface area contributed by atoms with Crippen LogP contribution in [0.3, 0.4) is 0 Å². The van der Waals surface area contributed by atoms with E-state index >= 15 is 0 Å². The van der Waals surface area contributed by atoms with Crippen LogP contribution in [0.5, 0.6) is 5.75 Å². The maximum atomic E-state index is 12.4. The number of halogens is 1. The number of hydrogen-bond acceptors (Lipinski definition) is 5. The molecule has 2 amide bonds. The van der Waals surface area contributed by atoms with Gasteiger partial charge in [0.2, 0.25) is 0 Å². The highest BCUT2D eigenvalue weighted by molar-refractivity contribution is 9.10. The van der Waals surface area contributed by atoms with E-state index in [0.29, 0.717) is 21.9 Å². The quantitative estimate of drug-likeness (QED) is 0.632. The van der Waals surface area contributed by atoms with Crippen LogP contribution >= 0.6 is 39.5 Å². The van der Waals surface area contributed by atoms with Crippen molar-refractivity contribution < 1.29 is 14.3 Å². The van der Waals surface area contributed by atoms with Crippen molar-refractivity contribution in [1.29, 1.82) is 0 Å². The van der Waals surface area contributed by atoms with Crippen molar-refractivity contribution in [1.82, 2.24) is 5.32 Å². The molecule has 0 fully saturated rings. The molecule has 9 heteroatoms. The summed E-state index contributed by atoms with van der Waals surface area (Å²) in [7, 11) is 1.48. The highest BCUT2D eigenvalue weighted by Gasteiger charge is 2.19. The van der Waals surface area contributed by atoms with E-state index in [-0.39, 0.29) is 5.11 Å². The van der Waals surface area contributed by atoms with Gasteiger partial charge in [-0.15, -0.1) is 11.3 Å². The molecule has 0 spiro atoms. The smallest absolute Gasteiger partial charge is 0.261 e. The monoisotopic (exact) mass is 441 g/mol. The van der Waals surface area contributed by atoms with Gasteiger partial charge in [-0.2, -0.15) is 0 Å². The SMILES string of the molecule is COc1ccc(Br)cc1C(=O)NC(=S)Nc1sc(C)c(C)c1C(N)=O. The molecule has 0 aliphatic heterocycles. The zero-order chi connectivity index (χ0) is 18.7. The highest BCUT2D eigenvalue weighted by atomic mass is 79.9. The number of benzene rings is 1.